The molecule has 2 aliphatic rings. The zero-order valence-corrected chi connectivity index (χ0v) is 13.0. The molecule has 1 saturated carbocycles. The van der Waals surface area contributed by atoms with E-state index in [4.69, 9.17) is 0 Å². The summed E-state index contributed by atoms with van der Waals surface area (Å²) in [6.45, 7) is 9.21. The maximum atomic E-state index is 3.53. The third kappa shape index (κ3) is 3.39. The van der Waals surface area contributed by atoms with E-state index < -0.39 is 0 Å². The fourth-order valence-corrected chi connectivity index (χ4v) is 4.52. The Morgan fingerprint density at radius 1 is 1.32 bits per heavy atom. The first-order chi connectivity index (χ1) is 9.20. The first kappa shape index (κ1) is 13.6. The summed E-state index contributed by atoms with van der Waals surface area (Å²) in [7, 11) is 0. The Balaban J connectivity index is 1.48. The molecule has 2 atom stereocenters. The van der Waals surface area contributed by atoms with E-state index in [9.17, 15) is 0 Å². The highest BCUT2D eigenvalue weighted by Gasteiger charge is 2.37. The number of hydrogen-bond acceptors (Lipinski definition) is 3. The molecule has 1 N–H and O–H groups in total. The summed E-state index contributed by atoms with van der Waals surface area (Å²) >= 11 is 1.99. The minimum absolute atomic E-state index is 0.736. The normalized spacial score (nSPS) is 26.7. The topological polar surface area (TPSA) is 15.3 Å². The molecule has 1 saturated heterocycles. The van der Waals surface area contributed by atoms with Crippen LogP contribution in [0.4, 0.5) is 0 Å². The lowest BCUT2D eigenvalue weighted by Crippen LogP contribution is -2.31. The van der Waals surface area contributed by atoms with Crippen molar-refractivity contribution in [2.75, 3.05) is 13.1 Å². The summed E-state index contributed by atoms with van der Waals surface area (Å²) in [4.78, 5) is 5.75. The van der Waals surface area contributed by atoms with Crippen LogP contribution in [0.15, 0.2) is 12.1 Å². The van der Waals surface area contributed by atoms with Gasteiger partial charge < -0.3 is 5.32 Å². The van der Waals surface area contributed by atoms with Gasteiger partial charge in [-0.3, -0.25) is 4.90 Å². The summed E-state index contributed by atoms with van der Waals surface area (Å²) in [5.74, 6) is 1.75. The van der Waals surface area contributed by atoms with Crippen molar-refractivity contribution in [3.05, 3.63) is 21.9 Å². The van der Waals surface area contributed by atoms with Gasteiger partial charge in [0.2, 0.25) is 0 Å². The third-order valence-electron chi connectivity index (χ3n) is 4.45. The van der Waals surface area contributed by atoms with Crippen LogP contribution in [0, 0.1) is 11.8 Å². The number of rotatable bonds is 6. The number of nitrogens with zero attached hydrogens (tertiary/aromatic N) is 1. The largest absolute Gasteiger partial charge is 0.312 e. The van der Waals surface area contributed by atoms with Gasteiger partial charge >= 0.3 is 0 Å². The van der Waals surface area contributed by atoms with Crippen molar-refractivity contribution >= 4 is 11.3 Å². The average Bonchev–Trinajstić information content (AvgIpc) is 3.05. The van der Waals surface area contributed by atoms with Gasteiger partial charge in [0, 0.05) is 35.4 Å². The van der Waals surface area contributed by atoms with Crippen LogP contribution in [0.3, 0.4) is 0 Å². The lowest BCUT2D eigenvalue weighted by atomic mass is 10.1. The van der Waals surface area contributed by atoms with Crippen molar-refractivity contribution in [1.29, 1.82) is 0 Å². The first-order valence-corrected chi connectivity index (χ1v) is 8.54. The van der Waals surface area contributed by atoms with Crippen LogP contribution < -0.4 is 5.32 Å². The highest BCUT2D eigenvalue weighted by Crippen LogP contribution is 2.38. The van der Waals surface area contributed by atoms with Gasteiger partial charge in [-0.2, -0.15) is 0 Å². The number of fused-ring (bicyclic) bond motifs is 2. The summed E-state index contributed by atoms with van der Waals surface area (Å²) in [6, 6.07) is 5.54. The van der Waals surface area contributed by atoms with E-state index in [1.807, 2.05) is 11.3 Å². The van der Waals surface area contributed by atoms with Gasteiger partial charge in [0.15, 0.2) is 0 Å². The molecule has 1 aliphatic heterocycles. The van der Waals surface area contributed by atoms with Gasteiger partial charge in [0.05, 0.1) is 0 Å². The van der Waals surface area contributed by atoms with E-state index >= 15 is 0 Å². The van der Waals surface area contributed by atoms with E-state index in [-0.39, 0.29) is 0 Å². The second-order valence-electron chi connectivity index (χ2n) is 6.66. The number of hydrogen-bond donors (Lipinski definition) is 1. The number of likely N-dealkylation sites (tertiary alicyclic amines) is 1. The van der Waals surface area contributed by atoms with Crippen molar-refractivity contribution in [3.8, 4) is 0 Å². The molecule has 19 heavy (non-hydrogen) atoms. The van der Waals surface area contributed by atoms with Gasteiger partial charge in [-0.15, -0.1) is 11.3 Å². The molecular formula is C16H26N2S. The maximum absolute atomic E-state index is 3.53. The minimum Gasteiger partial charge on any atom is -0.312 e. The first-order valence-electron chi connectivity index (χ1n) is 7.73. The van der Waals surface area contributed by atoms with Crippen LogP contribution in [0.1, 0.15) is 42.9 Å². The molecule has 1 aromatic heterocycles. The summed E-state index contributed by atoms with van der Waals surface area (Å²) in [5.41, 5.74) is 0. The Hall–Kier alpha value is -0.380. The highest BCUT2D eigenvalue weighted by molar-refractivity contribution is 7.11. The second-order valence-corrected chi connectivity index (χ2v) is 7.91. The minimum atomic E-state index is 0.736. The van der Waals surface area contributed by atoms with Gasteiger partial charge in [-0.1, -0.05) is 13.8 Å². The van der Waals surface area contributed by atoms with Crippen LogP contribution in [0.5, 0.6) is 0 Å². The molecule has 1 aromatic rings. The van der Waals surface area contributed by atoms with E-state index in [1.165, 1.54) is 37.2 Å². The molecule has 3 heteroatoms. The van der Waals surface area contributed by atoms with Crippen molar-refractivity contribution in [2.45, 2.75) is 52.2 Å². The van der Waals surface area contributed by atoms with Crippen molar-refractivity contribution < 1.29 is 0 Å². The van der Waals surface area contributed by atoms with Crippen LogP contribution in [-0.2, 0) is 13.1 Å². The predicted octanol–water partition coefficient (Wildman–Crippen LogP) is 3.48. The van der Waals surface area contributed by atoms with Crippen LogP contribution in [0.2, 0.25) is 0 Å². The van der Waals surface area contributed by atoms with Gasteiger partial charge in [0.25, 0.3) is 0 Å². The van der Waals surface area contributed by atoms with Crippen LogP contribution >= 0.6 is 11.3 Å². The van der Waals surface area contributed by atoms with E-state index in [0.29, 0.717) is 0 Å². The number of piperidine rings is 1. The monoisotopic (exact) mass is 278 g/mol. The maximum Gasteiger partial charge on any atom is 0.0331 e. The Morgan fingerprint density at radius 3 is 2.84 bits per heavy atom. The molecular weight excluding hydrogens is 252 g/mol. The van der Waals surface area contributed by atoms with E-state index in [1.54, 1.807) is 4.88 Å². The lowest BCUT2D eigenvalue weighted by molar-refractivity contribution is 0.207. The quantitative estimate of drug-likeness (QED) is 0.857. The predicted molar refractivity (Wildman–Crippen MR) is 82.4 cm³/mol. The zero-order valence-electron chi connectivity index (χ0n) is 12.2. The number of nitrogens with one attached hydrogen (secondary N) is 1. The Bertz CT molecular complexity index is 413. The van der Waals surface area contributed by atoms with Crippen molar-refractivity contribution in [3.63, 3.8) is 0 Å². The van der Waals surface area contributed by atoms with Crippen molar-refractivity contribution in [1.82, 2.24) is 10.2 Å². The molecule has 2 heterocycles. The zero-order chi connectivity index (χ0) is 13.2. The Labute approximate surface area is 121 Å². The molecule has 0 radical (unpaired) electrons. The van der Waals surface area contributed by atoms with Gasteiger partial charge in [-0.05, 0) is 49.8 Å². The molecule has 0 aromatic carbocycles. The molecule has 0 spiro atoms. The van der Waals surface area contributed by atoms with Gasteiger partial charge in [0.1, 0.15) is 0 Å². The molecule has 106 valence electrons. The molecule has 2 nitrogen and oxygen atoms in total. The molecule has 2 fully saturated rings. The second kappa shape index (κ2) is 5.94. The average molecular weight is 278 g/mol. The van der Waals surface area contributed by atoms with E-state index in [0.717, 1.165) is 31.0 Å². The van der Waals surface area contributed by atoms with Crippen molar-refractivity contribution in [2.24, 2.45) is 11.8 Å². The highest BCUT2D eigenvalue weighted by atomic mass is 32.1. The standard InChI is InChI=1S/C16H26N2S/c1-12(2)8-17-9-15-5-6-16(19-15)11-18-10-13-3-4-14(18)7-13/h5-6,12-14,17H,3-4,7-11H2,1-2H3. The molecule has 1 aliphatic carbocycles. The van der Waals surface area contributed by atoms with Crippen LogP contribution in [0.25, 0.3) is 0 Å². The molecule has 3 rings (SSSR count). The summed E-state index contributed by atoms with van der Waals surface area (Å²) in [6.07, 6.45) is 4.39. The molecule has 2 unspecified atom stereocenters. The smallest absolute Gasteiger partial charge is 0.0331 e. The fraction of sp³-hybridized carbons (Fsp3) is 0.750. The Morgan fingerprint density at radius 2 is 2.16 bits per heavy atom. The molecule has 2 bridgehead atoms. The van der Waals surface area contributed by atoms with E-state index in [2.05, 4.69) is 36.2 Å². The lowest BCUT2D eigenvalue weighted by Gasteiger charge is -2.25. The SMILES string of the molecule is CC(C)CNCc1ccc(CN2CC3CCC2C3)s1. The van der Waals surface area contributed by atoms with Crippen LogP contribution in [-0.4, -0.2) is 24.0 Å². The fourth-order valence-electron chi connectivity index (χ4n) is 3.51. The third-order valence-corrected chi connectivity index (χ3v) is 5.52. The summed E-state index contributed by atoms with van der Waals surface area (Å²) in [5, 5.41) is 3.53. The molecule has 0 amide bonds. The summed E-state index contributed by atoms with van der Waals surface area (Å²) < 4.78 is 0. The Kier molecular flexibility index (Phi) is 4.25. The van der Waals surface area contributed by atoms with Gasteiger partial charge in [-0.25, -0.2) is 0 Å². The number of thiophene rings is 1.